The van der Waals surface area contributed by atoms with Crippen molar-refractivity contribution in [1.82, 2.24) is 0 Å². The minimum absolute atomic E-state index is 0.195. The third-order valence-electron chi connectivity index (χ3n) is 4.28. The molecule has 1 aromatic carbocycles. The first-order valence-electron chi connectivity index (χ1n) is 8.18. The molecule has 1 aromatic rings. The summed E-state index contributed by atoms with van der Waals surface area (Å²) < 4.78 is 15.8. The maximum atomic E-state index is 12.7. The molecule has 24 heavy (non-hydrogen) atoms. The molecule has 132 valence electrons. The van der Waals surface area contributed by atoms with E-state index in [0.717, 1.165) is 19.3 Å². The summed E-state index contributed by atoms with van der Waals surface area (Å²) in [6.45, 7) is 4.38. The van der Waals surface area contributed by atoms with Crippen LogP contribution in [0.15, 0.2) is 18.2 Å². The first-order valence-corrected chi connectivity index (χ1v) is 8.18. The largest absolute Gasteiger partial charge is 0.496 e. The zero-order valence-electron chi connectivity index (χ0n) is 14.7. The lowest BCUT2D eigenvalue weighted by Crippen LogP contribution is -2.45. The van der Waals surface area contributed by atoms with Crippen molar-refractivity contribution in [1.29, 1.82) is 0 Å². The minimum Gasteiger partial charge on any atom is -0.496 e. The summed E-state index contributed by atoms with van der Waals surface area (Å²) >= 11 is 0. The van der Waals surface area contributed by atoms with Gasteiger partial charge in [-0.1, -0.05) is 6.92 Å². The number of esters is 1. The summed E-state index contributed by atoms with van der Waals surface area (Å²) in [4.78, 5) is 24.6. The Labute approximate surface area is 142 Å². The number of rotatable bonds is 8. The minimum atomic E-state index is -0.846. The fourth-order valence-corrected chi connectivity index (χ4v) is 2.63. The van der Waals surface area contributed by atoms with Crippen molar-refractivity contribution >= 4 is 17.6 Å². The standard InChI is InChI=1S/C18H25NO5/c1-5-10-24-18(2,12-6-7-12)17(21)19-13-8-9-15(22-3)14(11-13)16(20)23-4/h8-9,11-12H,5-7,10H2,1-4H3,(H,19,21)/t18-/m0/s1. The molecule has 0 saturated heterocycles. The molecule has 0 bridgehead atoms. The van der Waals surface area contributed by atoms with Gasteiger partial charge >= 0.3 is 5.97 Å². The van der Waals surface area contributed by atoms with Crippen molar-refractivity contribution in [2.45, 2.75) is 38.7 Å². The molecule has 1 amide bonds. The highest BCUT2D eigenvalue weighted by Crippen LogP contribution is 2.42. The number of nitrogens with one attached hydrogen (secondary N) is 1. The van der Waals surface area contributed by atoms with Gasteiger partial charge in [-0.2, -0.15) is 0 Å². The van der Waals surface area contributed by atoms with E-state index in [1.54, 1.807) is 18.2 Å². The van der Waals surface area contributed by atoms with Gasteiger partial charge in [0.25, 0.3) is 5.91 Å². The quantitative estimate of drug-likeness (QED) is 0.739. The van der Waals surface area contributed by atoms with E-state index in [0.29, 0.717) is 18.0 Å². The number of hydrogen-bond donors (Lipinski definition) is 1. The summed E-state index contributed by atoms with van der Waals surface area (Å²) in [5.41, 5.74) is -0.0740. The lowest BCUT2D eigenvalue weighted by molar-refractivity contribution is -0.142. The molecule has 1 aliphatic carbocycles. The van der Waals surface area contributed by atoms with Crippen molar-refractivity contribution in [3.8, 4) is 5.75 Å². The molecule has 0 unspecified atom stereocenters. The Kier molecular flexibility index (Phi) is 5.83. The van der Waals surface area contributed by atoms with E-state index < -0.39 is 11.6 Å². The Hall–Kier alpha value is -2.08. The van der Waals surface area contributed by atoms with Crippen molar-refractivity contribution in [3.05, 3.63) is 23.8 Å². The van der Waals surface area contributed by atoms with Gasteiger partial charge in [0.2, 0.25) is 0 Å². The Balaban J connectivity index is 2.19. The Bertz CT molecular complexity index is 611. The van der Waals surface area contributed by atoms with Crippen LogP contribution in [0.3, 0.4) is 0 Å². The molecule has 0 radical (unpaired) electrons. The molecular formula is C18H25NO5. The molecule has 0 aliphatic heterocycles. The second kappa shape index (κ2) is 7.66. The number of carbonyl (C=O) groups is 2. The number of hydrogen-bond acceptors (Lipinski definition) is 5. The van der Waals surface area contributed by atoms with E-state index in [-0.39, 0.29) is 17.4 Å². The maximum Gasteiger partial charge on any atom is 0.341 e. The zero-order valence-corrected chi connectivity index (χ0v) is 14.7. The van der Waals surface area contributed by atoms with Crippen LogP contribution in [0.2, 0.25) is 0 Å². The van der Waals surface area contributed by atoms with Crippen LogP contribution in [0.5, 0.6) is 5.75 Å². The summed E-state index contributed by atoms with van der Waals surface area (Å²) in [7, 11) is 2.78. The van der Waals surface area contributed by atoms with E-state index >= 15 is 0 Å². The van der Waals surface area contributed by atoms with E-state index in [1.165, 1.54) is 14.2 Å². The highest BCUT2D eigenvalue weighted by molar-refractivity contribution is 5.99. The van der Waals surface area contributed by atoms with Gasteiger partial charge in [0.1, 0.15) is 16.9 Å². The van der Waals surface area contributed by atoms with Crippen LogP contribution >= 0.6 is 0 Å². The van der Waals surface area contributed by atoms with Gasteiger partial charge in [-0.05, 0) is 50.3 Å². The number of benzene rings is 1. The molecule has 1 saturated carbocycles. The Morgan fingerprint density at radius 2 is 2.00 bits per heavy atom. The number of ether oxygens (including phenoxy) is 3. The molecule has 2 rings (SSSR count). The van der Waals surface area contributed by atoms with Crippen LogP contribution in [0.4, 0.5) is 5.69 Å². The fourth-order valence-electron chi connectivity index (χ4n) is 2.63. The average molecular weight is 335 g/mol. The summed E-state index contributed by atoms with van der Waals surface area (Å²) in [6, 6.07) is 4.87. The smallest absolute Gasteiger partial charge is 0.341 e. The van der Waals surface area contributed by atoms with E-state index in [9.17, 15) is 9.59 Å². The zero-order chi connectivity index (χ0) is 17.7. The van der Waals surface area contributed by atoms with Crippen LogP contribution < -0.4 is 10.1 Å². The van der Waals surface area contributed by atoms with Gasteiger partial charge in [-0.25, -0.2) is 4.79 Å². The fraction of sp³-hybridized carbons (Fsp3) is 0.556. The highest BCUT2D eigenvalue weighted by Gasteiger charge is 2.48. The van der Waals surface area contributed by atoms with Gasteiger partial charge in [0.05, 0.1) is 14.2 Å². The van der Waals surface area contributed by atoms with Crippen LogP contribution in [0.1, 0.15) is 43.5 Å². The number of amides is 1. The van der Waals surface area contributed by atoms with Crippen LogP contribution in [-0.4, -0.2) is 38.3 Å². The van der Waals surface area contributed by atoms with Crippen molar-refractivity contribution < 1.29 is 23.8 Å². The van der Waals surface area contributed by atoms with E-state index in [4.69, 9.17) is 14.2 Å². The molecule has 1 N–H and O–H groups in total. The van der Waals surface area contributed by atoms with Crippen molar-refractivity contribution in [3.63, 3.8) is 0 Å². The molecular weight excluding hydrogens is 310 g/mol. The summed E-state index contributed by atoms with van der Waals surface area (Å²) in [5, 5.41) is 2.86. The molecule has 1 fully saturated rings. The Morgan fingerprint density at radius 1 is 1.29 bits per heavy atom. The average Bonchev–Trinajstić information content (AvgIpc) is 3.44. The van der Waals surface area contributed by atoms with Crippen LogP contribution in [0, 0.1) is 5.92 Å². The van der Waals surface area contributed by atoms with E-state index in [1.807, 2.05) is 13.8 Å². The lowest BCUT2D eigenvalue weighted by Gasteiger charge is -2.28. The third kappa shape index (κ3) is 3.87. The normalized spacial score (nSPS) is 16.2. The van der Waals surface area contributed by atoms with Crippen LogP contribution in [-0.2, 0) is 14.3 Å². The molecule has 6 nitrogen and oxygen atoms in total. The molecule has 1 atom stereocenters. The first-order chi connectivity index (χ1) is 11.5. The van der Waals surface area contributed by atoms with E-state index in [2.05, 4.69) is 5.32 Å². The topological polar surface area (TPSA) is 73.9 Å². The number of anilines is 1. The first kappa shape index (κ1) is 18.3. The predicted molar refractivity (Wildman–Crippen MR) is 90.3 cm³/mol. The van der Waals surface area contributed by atoms with Gasteiger partial charge in [-0.3, -0.25) is 4.79 Å². The lowest BCUT2D eigenvalue weighted by atomic mass is 9.98. The van der Waals surface area contributed by atoms with Crippen molar-refractivity contribution in [2.24, 2.45) is 5.92 Å². The van der Waals surface area contributed by atoms with Gasteiger partial charge in [0, 0.05) is 12.3 Å². The summed E-state index contributed by atoms with van der Waals surface area (Å²) in [6.07, 6.45) is 2.83. The molecule has 0 aromatic heterocycles. The monoisotopic (exact) mass is 335 g/mol. The van der Waals surface area contributed by atoms with Crippen molar-refractivity contribution in [2.75, 3.05) is 26.1 Å². The molecule has 1 aliphatic rings. The van der Waals surface area contributed by atoms with Gasteiger partial charge in [0.15, 0.2) is 0 Å². The number of carbonyl (C=O) groups excluding carboxylic acids is 2. The number of methoxy groups -OCH3 is 2. The highest BCUT2D eigenvalue weighted by atomic mass is 16.5. The van der Waals surface area contributed by atoms with Crippen LogP contribution in [0.25, 0.3) is 0 Å². The SMILES string of the molecule is CCCO[C@](C)(C(=O)Nc1ccc(OC)c(C(=O)OC)c1)C1CC1. The molecule has 0 spiro atoms. The Morgan fingerprint density at radius 3 is 2.54 bits per heavy atom. The predicted octanol–water partition coefficient (Wildman–Crippen LogP) is 3.02. The van der Waals surface area contributed by atoms with Gasteiger partial charge < -0.3 is 19.5 Å². The maximum absolute atomic E-state index is 12.7. The molecule has 6 heteroatoms. The second-order valence-electron chi connectivity index (χ2n) is 6.09. The molecule has 0 heterocycles. The second-order valence-corrected chi connectivity index (χ2v) is 6.09. The summed E-state index contributed by atoms with van der Waals surface area (Å²) in [5.74, 6) is -0.0796. The third-order valence-corrected chi connectivity index (χ3v) is 4.28. The van der Waals surface area contributed by atoms with Gasteiger partial charge in [-0.15, -0.1) is 0 Å².